The van der Waals surface area contributed by atoms with E-state index in [1.807, 2.05) is 0 Å². The van der Waals surface area contributed by atoms with Crippen molar-refractivity contribution in [3.05, 3.63) is 35.6 Å². The highest BCUT2D eigenvalue weighted by molar-refractivity contribution is 5.94. The SMILES string of the molecule is O=C(O)c1oc2ccccc2c1COCC(F)F. The van der Waals surface area contributed by atoms with Gasteiger partial charge in [-0.15, -0.1) is 0 Å². The van der Waals surface area contributed by atoms with Crippen molar-refractivity contribution in [1.29, 1.82) is 0 Å². The quantitative estimate of drug-likeness (QED) is 0.893. The maximum atomic E-state index is 12.0. The Kier molecular flexibility index (Phi) is 3.57. The zero-order chi connectivity index (χ0) is 13.1. The second-order valence-electron chi connectivity index (χ2n) is 3.62. The Bertz CT molecular complexity index is 562. The number of carboxylic acid groups (broad SMARTS) is 1. The van der Waals surface area contributed by atoms with Gasteiger partial charge in [-0.05, 0) is 6.07 Å². The molecule has 0 unspecified atom stereocenters. The summed E-state index contributed by atoms with van der Waals surface area (Å²) in [7, 11) is 0. The van der Waals surface area contributed by atoms with E-state index in [1.165, 1.54) is 0 Å². The number of benzene rings is 1. The summed E-state index contributed by atoms with van der Waals surface area (Å²) >= 11 is 0. The third-order valence-electron chi connectivity index (χ3n) is 2.38. The maximum absolute atomic E-state index is 12.0. The van der Waals surface area contributed by atoms with E-state index in [0.717, 1.165) is 0 Å². The molecule has 1 heterocycles. The van der Waals surface area contributed by atoms with Crippen LogP contribution in [0.1, 0.15) is 16.1 Å². The van der Waals surface area contributed by atoms with Crippen LogP contribution >= 0.6 is 0 Å². The summed E-state index contributed by atoms with van der Waals surface area (Å²) in [4.78, 5) is 11.0. The Morgan fingerprint density at radius 2 is 2.11 bits per heavy atom. The largest absolute Gasteiger partial charge is 0.475 e. The molecule has 0 spiro atoms. The van der Waals surface area contributed by atoms with Gasteiger partial charge in [-0.1, -0.05) is 18.2 Å². The third-order valence-corrected chi connectivity index (χ3v) is 2.38. The zero-order valence-corrected chi connectivity index (χ0v) is 9.23. The number of alkyl halides is 2. The van der Waals surface area contributed by atoms with E-state index < -0.39 is 19.0 Å². The summed E-state index contributed by atoms with van der Waals surface area (Å²) in [6.45, 7) is -0.957. The predicted molar refractivity (Wildman–Crippen MR) is 58.8 cm³/mol. The van der Waals surface area contributed by atoms with Gasteiger partial charge in [0, 0.05) is 10.9 Å². The summed E-state index contributed by atoms with van der Waals surface area (Å²) in [6, 6.07) is 6.67. The van der Waals surface area contributed by atoms with Gasteiger partial charge in [0.15, 0.2) is 0 Å². The third kappa shape index (κ3) is 2.48. The molecule has 0 aliphatic heterocycles. The van der Waals surface area contributed by atoms with E-state index in [1.54, 1.807) is 24.3 Å². The number of carboxylic acids is 1. The molecule has 2 rings (SSSR count). The number of carbonyl (C=O) groups is 1. The lowest BCUT2D eigenvalue weighted by molar-refractivity contribution is 0.00958. The second kappa shape index (κ2) is 5.14. The number of para-hydroxylation sites is 1. The fourth-order valence-corrected chi connectivity index (χ4v) is 1.66. The van der Waals surface area contributed by atoms with Crippen molar-refractivity contribution >= 4 is 16.9 Å². The second-order valence-corrected chi connectivity index (χ2v) is 3.62. The van der Waals surface area contributed by atoms with Crippen LogP contribution in [0.5, 0.6) is 0 Å². The standard InChI is InChI=1S/C12H10F2O4/c13-10(14)6-17-5-8-7-3-1-2-4-9(7)18-11(8)12(15)16/h1-4,10H,5-6H2,(H,15,16). The van der Waals surface area contributed by atoms with Gasteiger partial charge in [-0.2, -0.15) is 0 Å². The molecule has 96 valence electrons. The van der Waals surface area contributed by atoms with Crippen LogP contribution in [-0.2, 0) is 11.3 Å². The van der Waals surface area contributed by atoms with Crippen LogP contribution in [0.25, 0.3) is 11.0 Å². The molecule has 0 saturated carbocycles. The fraction of sp³-hybridized carbons (Fsp3) is 0.250. The number of fused-ring (bicyclic) bond motifs is 1. The van der Waals surface area contributed by atoms with E-state index >= 15 is 0 Å². The van der Waals surface area contributed by atoms with E-state index in [4.69, 9.17) is 14.3 Å². The number of rotatable bonds is 5. The first-order valence-corrected chi connectivity index (χ1v) is 5.19. The molecule has 0 aliphatic carbocycles. The molecule has 0 atom stereocenters. The lowest BCUT2D eigenvalue weighted by Gasteiger charge is -2.02. The number of hydrogen-bond acceptors (Lipinski definition) is 3. The molecule has 0 bridgehead atoms. The van der Waals surface area contributed by atoms with Crippen LogP contribution in [-0.4, -0.2) is 24.1 Å². The van der Waals surface area contributed by atoms with Gasteiger partial charge >= 0.3 is 5.97 Å². The number of halogens is 2. The summed E-state index contributed by atoms with van der Waals surface area (Å²) in [5, 5.41) is 9.54. The molecule has 1 aromatic heterocycles. The van der Waals surface area contributed by atoms with Gasteiger partial charge < -0.3 is 14.3 Å². The molecular formula is C12H10F2O4. The lowest BCUT2D eigenvalue weighted by atomic mass is 10.1. The van der Waals surface area contributed by atoms with Crippen molar-refractivity contribution in [3.63, 3.8) is 0 Å². The zero-order valence-electron chi connectivity index (χ0n) is 9.23. The molecule has 4 nitrogen and oxygen atoms in total. The molecule has 2 aromatic rings. The van der Waals surface area contributed by atoms with Crippen molar-refractivity contribution in [3.8, 4) is 0 Å². The first-order valence-electron chi connectivity index (χ1n) is 5.19. The van der Waals surface area contributed by atoms with Crippen LogP contribution in [0.15, 0.2) is 28.7 Å². The normalized spacial score (nSPS) is 11.3. The van der Waals surface area contributed by atoms with E-state index in [-0.39, 0.29) is 17.9 Å². The minimum Gasteiger partial charge on any atom is -0.475 e. The first kappa shape index (κ1) is 12.5. The van der Waals surface area contributed by atoms with Crippen molar-refractivity contribution in [2.45, 2.75) is 13.0 Å². The molecule has 0 fully saturated rings. The van der Waals surface area contributed by atoms with E-state index in [2.05, 4.69) is 0 Å². The van der Waals surface area contributed by atoms with Crippen LogP contribution in [0.4, 0.5) is 8.78 Å². The van der Waals surface area contributed by atoms with Gasteiger partial charge in [0.25, 0.3) is 6.43 Å². The molecule has 1 aromatic carbocycles. The highest BCUT2D eigenvalue weighted by Gasteiger charge is 2.20. The van der Waals surface area contributed by atoms with Crippen LogP contribution in [0.2, 0.25) is 0 Å². The molecule has 18 heavy (non-hydrogen) atoms. The highest BCUT2D eigenvalue weighted by Crippen LogP contribution is 2.26. The fourth-order valence-electron chi connectivity index (χ4n) is 1.66. The van der Waals surface area contributed by atoms with Gasteiger partial charge in [-0.25, -0.2) is 13.6 Å². The number of furan rings is 1. The van der Waals surface area contributed by atoms with Gasteiger partial charge in [0.1, 0.15) is 12.2 Å². The lowest BCUT2D eigenvalue weighted by Crippen LogP contribution is -2.06. The Labute approximate surface area is 101 Å². The highest BCUT2D eigenvalue weighted by atomic mass is 19.3. The summed E-state index contributed by atoms with van der Waals surface area (Å²) in [6.07, 6.45) is -2.59. The average molecular weight is 256 g/mol. The van der Waals surface area contributed by atoms with E-state index in [0.29, 0.717) is 11.0 Å². The monoisotopic (exact) mass is 256 g/mol. The number of hydrogen-bond donors (Lipinski definition) is 1. The van der Waals surface area contributed by atoms with Gasteiger partial charge in [0.05, 0.1) is 6.61 Å². The Balaban J connectivity index is 2.33. The average Bonchev–Trinajstić information content (AvgIpc) is 2.68. The Morgan fingerprint density at radius 3 is 2.78 bits per heavy atom. The summed E-state index contributed by atoms with van der Waals surface area (Å²) in [5.41, 5.74) is 0.671. The molecule has 0 aliphatic rings. The van der Waals surface area contributed by atoms with Gasteiger partial charge in [-0.3, -0.25) is 0 Å². The molecule has 0 radical (unpaired) electrons. The Hall–Kier alpha value is -1.95. The molecule has 6 heteroatoms. The first-order chi connectivity index (χ1) is 8.59. The summed E-state index contributed by atoms with van der Waals surface area (Å²) < 4.78 is 33.9. The predicted octanol–water partition coefficient (Wildman–Crippen LogP) is 2.91. The molecule has 1 N–H and O–H groups in total. The van der Waals surface area contributed by atoms with Crippen molar-refractivity contribution in [1.82, 2.24) is 0 Å². The van der Waals surface area contributed by atoms with Crippen LogP contribution in [0.3, 0.4) is 0 Å². The minimum absolute atomic E-state index is 0.219. The minimum atomic E-state index is -2.59. The maximum Gasteiger partial charge on any atom is 0.372 e. The summed E-state index contributed by atoms with van der Waals surface area (Å²) in [5.74, 6) is -1.52. The van der Waals surface area contributed by atoms with E-state index in [9.17, 15) is 13.6 Å². The van der Waals surface area contributed by atoms with Crippen LogP contribution < -0.4 is 0 Å². The van der Waals surface area contributed by atoms with Crippen molar-refractivity contribution in [2.24, 2.45) is 0 Å². The van der Waals surface area contributed by atoms with Crippen molar-refractivity contribution < 1.29 is 27.8 Å². The van der Waals surface area contributed by atoms with Gasteiger partial charge in [0.2, 0.25) is 5.76 Å². The van der Waals surface area contributed by atoms with Crippen molar-refractivity contribution in [2.75, 3.05) is 6.61 Å². The number of ether oxygens (including phenoxy) is 1. The molecular weight excluding hydrogens is 246 g/mol. The molecule has 0 amide bonds. The Morgan fingerprint density at radius 1 is 1.39 bits per heavy atom. The van der Waals surface area contributed by atoms with Crippen LogP contribution in [0, 0.1) is 0 Å². The smallest absolute Gasteiger partial charge is 0.372 e. The number of aromatic carboxylic acids is 1. The topological polar surface area (TPSA) is 59.7 Å². The molecule has 0 saturated heterocycles.